The molecule has 1 aliphatic heterocycles. The van der Waals surface area contributed by atoms with E-state index in [0.717, 1.165) is 0 Å². The van der Waals surface area contributed by atoms with Gasteiger partial charge in [-0.25, -0.2) is 0 Å². The van der Waals surface area contributed by atoms with E-state index in [1.54, 1.807) is 6.20 Å². The van der Waals surface area contributed by atoms with Gasteiger partial charge in [-0.15, -0.1) is 0 Å². The fourth-order valence-electron chi connectivity index (χ4n) is 2.77. The average Bonchev–Trinajstić information content (AvgIpc) is 2.50. The first-order valence-corrected chi connectivity index (χ1v) is 7.67. The molecule has 6 heteroatoms. The van der Waals surface area contributed by atoms with Gasteiger partial charge in [-0.1, -0.05) is 29.8 Å². The van der Waals surface area contributed by atoms with E-state index < -0.39 is 0 Å². The lowest BCUT2D eigenvalue weighted by Crippen LogP contribution is -2.46. The summed E-state index contributed by atoms with van der Waals surface area (Å²) in [5.74, 6) is 0. The van der Waals surface area contributed by atoms with Gasteiger partial charge in [0.1, 0.15) is 5.02 Å². The molecule has 1 saturated heterocycles. The second-order valence-corrected chi connectivity index (χ2v) is 5.94. The minimum atomic E-state index is -0.308. The third kappa shape index (κ3) is 2.87. The lowest BCUT2D eigenvalue weighted by Gasteiger charge is -2.36. The molecule has 1 aromatic carbocycles. The topological polar surface area (TPSA) is 47.4 Å². The van der Waals surface area contributed by atoms with Crippen LogP contribution in [0.1, 0.15) is 13.8 Å². The molecular formula is C16H18ClN3O2. The van der Waals surface area contributed by atoms with E-state index in [1.807, 2.05) is 44.2 Å². The van der Waals surface area contributed by atoms with Crippen LogP contribution in [0, 0.1) is 0 Å². The van der Waals surface area contributed by atoms with Gasteiger partial charge in [0.2, 0.25) is 0 Å². The molecule has 0 aliphatic carbocycles. The van der Waals surface area contributed by atoms with E-state index in [0.29, 0.717) is 24.5 Å². The Labute approximate surface area is 134 Å². The Morgan fingerprint density at radius 3 is 2.45 bits per heavy atom. The van der Waals surface area contributed by atoms with Gasteiger partial charge < -0.3 is 9.64 Å². The summed E-state index contributed by atoms with van der Waals surface area (Å²) in [7, 11) is 0. The number of rotatable bonds is 2. The van der Waals surface area contributed by atoms with Gasteiger partial charge in [0.05, 0.1) is 29.8 Å². The molecule has 0 amide bonds. The second kappa shape index (κ2) is 6.10. The van der Waals surface area contributed by atoms with Crippen LogP contribution in [-0.4, -0.2) is 35.1 Å². The molecule has 0 unspecified atom stereocenters. The standard InChI is InChI=1S/C16H18ClN3O2/c1-11-9-19(10-12(2)22-11)14-8-18-20(16(21)15(14)17)13-6-4-3-5-7-13/h3-8,11-12H,9-10H2,1-2H3/t11-,12+. The van der Waals surface area contributed by atoms with Crippen LogP contribution in [0.25, 0.3) is 5.69 Å². The molecule has 0 N–H and O–H groups in total. The third-order valence-corrected chi connectivity index (χ3v) is 4.02. The monoisotopic (exact) mass is 319 g/mol. The van der Waals surface area contributed by atoms with E-state index >= 15 is 0 Å². The van der Waals surface area contributed by atoms with Crippen LogP contribution in [0.4, 0.5) is 5.69 Å². The summed E-state index contributed by atoms with van der Waals surface area (Å²) in [6, 6.07) is 9.25. The molecular weight excluding hydrogens is 302 g/mol. The summed E-state index contributed by atoms with van der Waals surface area (Å²) in [6.45, 7) is 5.41. The highest BCUT2D eigenvalue weighted by molar-refractivity contribution is 6.33. The zero-order valence-electron chi connectivity index (χ0n) is 12.6. The average molecular weight is 320 g/mol. The van der Waals surface area contributed by atoms with Crippen molar-refractivity contribution in [1.29, 1.82) is 0 Å². The maximum absolute atomic E-state index is 12.5. The van der Waals surface area contributed by atoms with Gasteiger partial charge in [0, 0.05) is 13.1 Å². The molecule has 1 aliphatic rings. The largest absolute Gasteiger partial charge is 0.372 e. The summed E-state index contributed by atoms with van der Waals surface area (Å²) in [5.41, 5.74) is 1.06. The van der Waals surface area contributed by atoms with Crippen molar-refractivity contribution in [3.63, 3.8) is 0 Å². The molecule has 0 radical (unpaired) electrons. The summed E-state index contributed by atoms with van der Waals surface area (Å²) in [5, 5.41) is 4.47. The van der Waals surface area contributed by atoms with Gasteiger partial charge in [0.25, 0.3) is 5.56 Å². The summed E-state index contributed by atoms with van der Waals surface area (Å²) < 4.78 is 7.03. The van der Waals surface area contributed by atoms with E-state index in [1.165, 1.54) is 4.68 Å². The van der Waals surface area contributed by atoms with Crippen LogP contribution in [0.2, 0.25) is 5.02 Å². The molecule has 1 aromatic heterocycles. The van der Waals surface area contributed by atoms with Crippen molar-refractivity contribution in [2.45, 2.75) is 26.1 Å². The highest BCUT2D eigenvalue weighted by Crippen LogP contribution is 2.25. The van der Waals surface area contributed by atoms with E-state index in [-0.39, 0.29) is 22.8 Å². The normalized spacial score (nSPS) is 21.9. The molecule has 5 nitrogen and oxygen atoms in total. The number of nitrogens with zero attached hydrogens (tertiary/aromatic N) is 3. The molecule has 2 aromatic rings. The van der Waals surface area contributed by atoms with E-state index in [4.69, 9.17) is 16.3 Å². The first-order valence-electron chi connectivity index (χ1n) is 7.30. The highest BCUT2D eigenvalue weighted by atomic mass is 35.5. The number of aromatic nitrogens is 2. The Bertz CT molecular complexity index is 707. The third-order valence-electron chi connectivity index (χ3n) is 3.66. The maximum atomic E-state index is 12.5. The predicted molar refractivity (Wildman–Crippen MR) is 87.1 cm³/mol. The van der Waals surface area contributed by atoms with Crippen LogP contribution in [0.15, 0.2) is 41.3 Å². The first-order chi connectivity index (χ1) is 10.6. The van der Waals surface area contributed by atoms with Crippen molar-refractivity contribution in [2.75, 3.05) is 18.0 Å². The lowest BCUT2D eigenvalue weighted by molar-refractivity contribution is -0.00524. The zero-order valence-corrected chi connectivity index (χ0v) is 13.3. The number of para-hydroxylation sites is 1. The molecule has 0 spiro atoms. The number of halogens is 1. The van der Waals surface area contributed by atoms with E-state index in [9.17, 15) is 4.79 Å². The zero-order chi connectivity index (χ0) is 15.7. The molecule has 0 saturated carbocycles. The Morgan fingerprint density at radius 2 is 1.82 bits per heavy atom. The highest BCUT2D eigenvalue weighted by Gasteiger charge is 2.25. The van der Waals surface area contributed by atoms with Crippen molar-refractivity contribution in [2.24, 2.45) is 0 Å². The fourth-order valence-corrected chi connectivity index (χ4v) is 3.02. The van der Waals surface area contributed by atoms with Gasteiger partial charge in [0.15, 0.2) is 0 Å². The molecule has 2 atom stereocenters. The fraction of sp³-hybridized carbons (Fsp3) is 0.375. The number of anilines is 1. The Kier molecular flexibility index (Phi) is 4.18. The van der Waals surface area contributed by atoms with E-state index in [2.05, 4.69) is 10.00 Å². The van der Waals surface area contributed by atoms with Crippen LogP contribution < -0.4 is 10.5 Å². The number of hydrogen-bond donors (Lipinski definition) is 0. The van der Waals surface area contributed by atoms with Crippen LogP contribution >= 0.6 is 11.6 Å². The maximum Gasteiger partial charge on any atom is 0.292 e. The summed E-state index contributed by atoms with van der Waals surface area (Å²) in [6.07, 6.45) is 1.84. The quantitative estimate of drug-likeness (QED) is 0.853. The van der Waals surface area contributed by atoms with Gasteiger partial charge >= 0.3 is 0 Å². The SMILES string of the molecule is C[C@@H]1CN(c2cnn(-c3ccccc3)c(=O)c2Cl)C[C@H](C)O1. The second-order valence-electron chi connectivity index (χ2n) is 5.56. The molecule has 3 rings (SSSR count). The van der Waals surface area contributed by atoms with Crippen LogP contribution in [0.5, 0.6) is 0 Å². The van der Waals surface area contributed by atoms with Crippen molar-refractivity contribution in [3.05, 3.63) is 51.9 Å². The number of morpholine rings is 1. The summed E-state index contributed by atoms with van der Waals surface area (Å²) >= 11 is 6.32. The molecule has 116 valence electrons. The van der Waals surface area contributed by atoms with Crippen molar-refractivity contribution in [1.82, 2.24) is 9.78 Å². The van der Waals surface area contributed by atoms with Gasteiger partial charge in [-0.2, -0.15) is 9.78 Å². The smallest absolute Gasteiger partial charge is 0.292 e. The van der Waals surface area contributed by atoms with Crippen molar-refractivity contribution in [3.8, 4) is 5.69 Å². The minimum Gasteiger partial charge on any atom is -0.372 e. The van der Waals surface area contributed by atoms with Crippen molar-refractivity contribution >= 4 is 17.3 Å². The Hall–Kier alpha value is -1.85. The van der Waals surface area contributed by atoms with Crippen molar-refractivity contribution < 1.29 is 4.74 Å². The first kappa shape index (κ1) is 15.1. The minimum absolute atomic E-state index is 0.0939. The molecule has 0 bridgehead atoms. The molecule has 1 fully saturated rings. The number of benzene rings is 1. The number of hydrogen-bond acceptors (Lipinski definition) is 4. The van der Waals surface area contributed by atoms with Gasteiger partial charge in [-0.05, 0) is 26.0 Å². The predicted octanol–water partition coefficient (Wildman–Crippen LogP) is 2.50. The Balaban J connectivity index is 1.98. The molecule has 2 heterocycles. The van der Waals surface area contributed by atoms with Crippen LogP contribution in [0.3, 0.4) is 0 Å². The number of ether oxygens (including phenoxy) is 1. The molecule has 22 heavy (non-hydrogen) atoms. The van der Waals surface area contributed by atoms with Gasteiger partial charge in [-0.3, -0.25) is 4.79 Å². The van der Waals surface area contributed by atoms with Crippen LogP contribution in [-0.2, 0) is 4.74 Å². The summed E-state index contributed by atoms with van der Waals surface area (Å²) in [4.78, 5) is 14.6. The Morgan fingerprint density at radius 1 is 1.18 bits per heavy atom. The lowest BCUT2D eigenvalue weighted by atomic mass is 10.2.